The van der Waals surface area contributed by atoms with Crippen molar-refractivity contribution < 1.29 is 9.53 Å². The molecule has 2 unspecified atom stereocenters. The molecule has 0 N–H and O–H groups in total. The summed E-state index contributed by atoms with van der Waals surface area (Å²) in [4.78, 5) is 15.5. The van der Waals surface area contributed by atoms with Gasteiger partial charge in [-0.25, -0.2) is 4.98 Å². The molecule has 1 rings (SSSR count). The van der Waals surface area contributed by atoms with E-state index in [0.717, 1.165) is 5.03 Å². The van der Waals surface area contributed by atoms with Crippen molar-refractivity contribution in [3.63, 3.8) is 0 Å². The van der Waals surface area contributed by atoms with Gasteiger partial charge in [0, 0.05) is 11.4 Å². The highest BCUT2D eigenvalue weighted by atomic mass is 32.2. The second-order valence-electron chi connectivity index (χ2n) is 3.30. The van der Waals surface area contributed by atoms with E-state index in [1.807, 2.05) is 32.0 Å². The molecule has 1 aromatic rings. The van der Waals surface area contributed by atoms with Crippen molar-refractivity contribution >= 4 is 17.7 Å². The fourth-order valence-electron chi connectivity index (χ4n) is 1.09. The normalized spacial score (nSPS) is 14.3. The molecule has 0 fully saturated rings. The lowest BCUT2D eigenvalue weighted by Crippen LogP contribution is -2.21. The molecule has 4 heteroatoms. The maximum atomic E-state index is 11.3. The van der Waals surface area contributed by atoms with Gasteiger partial charge in [-0.2, -0.15) is 0 Å². The Labute approximate surface area is 94.2 Å². The zero-order valence-electron chi connectivity index (χ0n) is 9.14. The Balaban J connectivity index is 2.56. The molecule has 1 aromatic heterocycles. The highest BCUT2D eigenvalue weighted by molar-refractivity contribution is 7.99. The average Bonchev–Trinajstić information content (AvgIpc) is 2.28. The summed E-state index contributed by atoms with van der Waals surface area (Å²) in [7, 11) is 1.41. The SMILES string of the molecule is COC(=O)C(C)C(C)Sc1ccccn1. The van der Waals surface area contributed by atoms with Gasteiger partial charge >= 0.3 is 5.97 Å². The highest BCUT2D eigenvalue weighted by Gasteiger charge is 2.21. The number of nitrogens with zero attached hydrogens (tertiary/aromatic N) is 1. The van der Waals surface area contributed by atoms with Gasteiger partial charge in [0.05, 0.1) is 18.1 Å². The van der Waals surface area contributed by atoms with Crippen molar-refractivity contribution in [1.82, 2.24) is 4.98 Å². The van der Waals surface area contributed by atoms with Crippen LogP contribution in [0.2, 0.25) is 0 Å². The predicted molar refractivity (Wildman–Crippen MR) is 60.7 cm³/mol. The van der Waals surface area contributed by atoms with E-state index in [2.05, 4.69) is 4.98 Å². The topological polar surface area (TPSA) is 39.2 Å². The number of rotatable bonds is 4. The zero-order valence-corrected chi connectivity index (χ0v) is 9.95. The van der Waals surface area contributed by atoms with Crippen molar-refractivity contribution in [2.24, 2.45) is 5.92 Å². The summed E-state index contributed by atoms with van der Waals surface area (Å²) in [6.07, 6.45) is 1.75. The van der Waals surface area contributed by atoms with Crippen LogP contribution in [0.25, 0.3) is 0 Å². The first kappa shape index (κ1) is 12.0. The number of aromatic nitrogens is 1. The first-order valence-electron chi connectivity index (χ1n) is 4.80. The fraction of sp³-hybridized carbons (Fsp3) is 0.455. The third-order valence-corrected chi connectivity index (χ3v) is 3.48. The summed E-state index contributed by atoms with van der Waals surface area (Å²) < 4.78 is 4.70. The van der Waals surface area contributed by atoms with E-state index >= 15 is 0 Å². The summed E-state index contributed by atoms with van der Waals surface area (Å²) in [6.45, 7) is 3.87. The van der Waals surface area contributed by atoms with Crippen LogP contribution in [0, 0.1) is 5.92 Å². The summed E-state index contributed by atoms with van der Waals surface area (Å²) in [5, 5.41) is 1.09. The van der Waals surface area contributed by atoms with Gasteiger partial charge in [-0.3, -0.25) is 4.79 Å². The van der Waals surface area contributed by atoms with Gasteiger partial charge in [0.25, 0.3) is 0 Å². The van der Waals surface area contributed by atoms with E-state index in [4.69, 9.17) is 4.74 Å². The highest BCUT2D eigenvalue weighted by Crippen LogP contribution is 2.26. The Bertz CT molecular complexity index is 316. The summed E-state index contributed by atoms with van der Waals surface area (Å²) in [5.74, 6) is -0.298. The van der Waals surface area contributed by atoms with Gasteiger partial charge < -0.3 is 4.74 Å². The second kappa shape index (κ2) is 5.75. The number of carbonyl (C=O) groups is 1. The van der Waals surface area contributed by atoms with Crippen LogP contribution in [0.4, 0.5) is 0 Å². The summed E-state index contributed by atoms with van der Waals surface area (Å²) in [5.41, 5.74) is 0. The minimum absolute atomic E-state index is 0.123. The number of thioether (sulfide) groups is 1. The van der Waals surface area contributed by atoms with Crippen molar-refractivity contribution in [3.8, 4) is 0 Å². The smallest absolute Gasteiger partial charge is 0.309 e. The molecular formula is C11H15NO2S. The number of hydrogen-bond donors (Lipinski definition) is 0. The number of ether oxygens (including phenoxy) is 1. The average molecular weight is 225 g/mol. The minimum atomic E-state index is -0.175. The van der Waals surface area contributed by atoms with Gasteiger partial charge in [0.15, 0.2) is 0 Å². The number of hydrogen-bond acceptors (Lipinski definition) is 4. The Morgan fingerprint density at radius 1 is 1.47 bits per heavy atom. The molecule has 0 radical (unpaired) electrons. The van der Waals surface area contributed by atoms with E-state index in [1.165, 1.54) is 7.11 Å². The molecule has 0 aliphatic rings. The van der Waals surface area contributed by atoms with Gasteiger partial charge in [-0.05, 0) is 12.1 Å². The van der Waals surface area contributed by atoms with E-state index < -0.39 is 0 Å². The van der Waals surface area contributed by atoms with Gasteiger partial charge in [0.2, 0.25) is 0 Å². The first-order chi connectivity index (χ1) is 7.15. The van der Waals surface area contributed by atoms with Crippen LogP contribution >= 0.6 is 11.8 Å². The number of esters is 1. The molecule has 0 amide bonds. The molecule has 1 heterocycles. The minimum Gasteiger partial charge on any atom is -0.469 e. The van der Waals surface area contributed by atoms with Crippen LogP contribution in [0.15, 0.2) is 29.4 Å². The maximum Gasteiger partial charge on any atom is 0.309 e. The van der Waals surface area contributed by atoms with Crippen LogP contribution in [0.5, 0.6) is 0 Å². The molecule has 2 atom stereocenters. The molecule has 0 aromatic carbocycles. The Kier molecular flexibility index (Phi) is 4.62. The van der Waals surface area contributed by atoms with Crippen molar-refractivity contribution in [1.29, 1.82) is 0 Å². The lowest BCUT2D eigenvalue weighted by molar-refractivity contribution is -0.144. The Morgan fingerprint density at radius 3 is 2.73 bits per heavy atom. The molecule has 15 heavy (non-hydrogen) atoms. The molecule has 0 spiro atoms. The molecule has 3 nitrogen and oxygen atoms in total. The molecule has 82 valence electrons. The number of methoxy groups -OCH3 is 1. The maximum absolute atomic E-state index is 11.3. The summed E-state index contributed by atoms with van der Waals surface area (Å²) >= 11 is 1.58. The summed E-state index contributed by atoms with van der Waals surface area (Å²) in [6, 6.07) is 5.74. The monoisotopic (exact) mass is 225 g/mol. The van der Waals surface area contributed by atoms with Crippen LogP contribution in [-0.4, -0.2) is 23.3 Å². The van der Waals surface area contributed by atoms with Gasteiger partial charge in [0.1, 0.15) is 0 Å². The molecular weight excluding hydrogens is 210 g/mol. The van der Waals surface area contributed by atoms with E-state index in [-0.39, 0.29) is 17.1 Å². The zero-order chi connectivity index (χ0) is 11.3. The lowest BCUT2D eigenvalue weighted by atomic mass is 10.1. The van der Waals surface area contributed by atoms with Crippen molar-refractivity contribution in [3.05, 3.63) is 24.4 Å². The standard InChI is InChI=1S/C11H15NO2S/c1-8(11(13)14-3)9(2)15-10-6-4-5-7-12-10/h4-9H,1-3H3. The van der Waals surface area contributed by atoms with Crippen LogP contribution in [-0.2, 0) is 9.53 Å². The Morgan fingerprint density at radius 2 is 2.20 bits per heavy atom. The fourth-order valence-corrected chi connectivity index (χ4v) is 2.06. The van der Waals surface area contributed by atoms with E-state index in [1.54, 1.807) is 18.0 Å². The van der Waals surface area contributed by atoms with Crippen LogP contribution < -0.4 is 0 Å². The van der Waals surface area contributed by atoms with E-state index in [0.29, 0.717) is 0 Å². The molecule has 0 saturated heterocycles. The second-order valence-corrected chi connectivity index (χ2v) is 4.70. The van der Waals surface area contributed by atoms with Gasteiger partial charge in [-0.1, -0.05) is 19.9 Å². The van der Waals surface area contributed by atoms with Gasteiger partial charge in [-0.15, -0.1) is 11.8 Å². The third-order valence-electron chi connectivity index (χ3n) is 2.22. The van der Waals surface area contributed by atoms with Crippen molar-refractivity contribution in [2.75, 3.05) is 7.11 Å². The number of carbonyl (C=O) groups excluding carboxylic acids is 1. The van der Waals surface area contributed by atoms with Crippen molar-refractivity contribution in [2.45, 2.75) is 24.1 Å². The Hall–Kier alpha value is -1.03. The molecule has 0 bridgehead atoms. The largest absolute Gasteiger partial charge is 0.469 e. The molecule has 0 aliphatic carbocycles. The van der Waals surface area contributed by atoms with E-state index in [9.17, 15) is 4.79 Å². The third kappa shape index (κ3) is 3.55. The quantitative estimate of drug-likeness (QED) is 0.582. The molecule has 0 saturated carbocycles. The molecule has 0 aliphatic heterocycles. The van der Waals surface area contributed by atoms with Crippen LogP contribution in [0.1, 0.15) is 13.8 Å². The first-order valence-corrected chi connectivity index (χ1v) is 5.68. The lowest BCUT2D eigenvalue weighted by Gasteiger charge is -2.16. The number of pyridine rings is 1. The predicted octanol–water partition coefficient (Wildman–Crippen LogP) is 2.37. The van der Waals surface area contributed by atoms with Crippen LogP contribution in [0.3, 0.4) is 0 Å².